The first-order valence-corrected chi connectivity index (χ1v) is 12.5. The van der Waals surface area contributed by atoms with Crippen molar-refractivity contribution in [2.24, 2.45) is 0 Å². The SMILES string of the molecule is Cc1sc(N(Cc2ccc(OCC(F)F)cc2)c2ccc(C#N)cc2)nc1C(=O)NS(C)(=O)=O. The normalized spacial score (nSPS) is 11.2. The Kier molecular flexibility index (Phi) is 7.80. The van der Waals surface area contributed by atoms with E-state index >= 15 is 0 Å². The number of rotatable bonds is 9. The first-order valence-electron chi connectivity index (χ1n) is 9.83. The van der Waals surface area contributed by atoms with Crippen molar-refractivity contribution >= 4 is 38.1 Å². The van der Waals surface area contributed by atoms with Gasteiger partial charge in [0.2, 0.25) is 10.0 Å². The van der Waals surface area contributed by atoms with Crippen LogP contribution in [0.1, 0.15) is 26.5 Å². The zero-order valence-corrected chi connectivity index (χ0v) is 19.8. The van der Waals surface area contributed by atoms with Crippen LogP contribution < -0.4 is 14.4 Å². The lowest BCUT2D eigenvalue weighted by atomic mass is 10.1. The van der Waals surface area contributed by atoms with Crippen LogP contribution in [0.5, 0.6) is 5.75 Å². The monoisotopic (exact) mass is 506 g/mol. The maximum atomic E-state index is 12.4. The lowest BCUT2D eigenvalue weighted by molar-refractivity contribution is 0.0819. The number of alkyl halides is 2. The minimum absolute atomic E-state index is 0.0141. The lowest BCUT2D eigenvalue weighted by Gasteiger charge is -2.22. The number of hydrogen-bond acceptors (Lipinski definition) is 8. The molecular formula is C22H20F2N4O4S2. The predicted molar refractivity (Wildman–Crippen MR) is 124 cm³/mol. The fraction of sp³-hybridized carbons (Fsp3) is 0.227. The smallest absolute Gasteiger partial charge is 0.284 e. The predicted octanol–water partition coefficient (Wildman–Crippen LogP) is 3.99. The largest absolute Gasteiger partial charge is 0.488 e. The molecular weight excluding hydrogens is 486 g/mol. The zero-order chi connectivity index (χ0) is 24.9. The molecule has 0 spiro atoms. The summed E-state index contributed by atoms with van der Waals surface area (Å²) in [5, 5.41) is 9.52. The summed E-state index contributed by atoms with van der Waals surface area (Å²) >= 11 is 1.20. The minimum Gasteiger partial charge on any atom is -0.488 e. The van der Waals surface area contributed by atoms with Gasteiger partial charge in [0, 0.05) is 10.6 Å². The molecule has 0 atom stereocenters. The second-order valence-corrected chi connectivity index (χ2v) is 10.1. The second kappa shape index (κ2) is 10.6. The summed E-state index contributed by atoms with van der Waals surface area (Å²) in [6.45, 7) is 1.25. The number of aryl methyl sites for hydroxylation is 1. The summed E-state index contributed by atoms with van der Waals surface area (Å²) in [6.07, 6.45) is -1.69. The van der Waals surface area contributed by atoms with Gasteiger partial charge in [-0.3, -0.25) is 4.79 Å². The van der Waals surface area contributed by atoms with Crippen LogP contribution in [0, 0.1) is 18.3 Å². The number of amides is 1. The first kappa shape index (κ1) is 25.1. The number of anilines is 2. The van der Waals surface area contributed by atoms with Crippen molar-refractivity contribution in [3.8, 4) is 11.8 Å². The average Bonchev–Trinajstić information content (AvgIpc) is 3.17. The average molecular weight is 507 g/mol. The van der Waals surface area contributed by atoms with Crippen LogP contribution in [0.3, 0.4) is 0 Å². The Morgan fingerprint density at radius 2 is 1.85 bits per heavy atom. The van der Waals surface area contributed by atoms with Crippen molar-refractivity contribution in [1.82, 2.24) is 9.71 Å². The van der Waals surface area contributed by atoms with Gasteiger partial charge in [0.05, 0.1) is 24.4 Å². The van der Waals surface area contributed by atoms with Crippen molar-refractivity contribution in [3.05, 3.63) is 70.2 Å². The second-order valence-electron chi connectivity index (χ2n) is 7.20. The molecule has 0 aliphatic carbocycles. The van der Waals surface area contributed by atoms with Gasteiger partial charge in [-0.15, -0.1) is 11.3 Å². The molecule has 3 aromatic rings. The van der Waals surface area contributed by atoms with E-state index in [1.54, 1.807) is 60.4 Å². The third-order valence-corrected chi connectivity index (χ3v) is 6.01. The Bertz CT molecular complexity index is 1300. The highest BCUT2D eigenvalue weighted by Crippen LogP contribution is 2.33. The molecule has 1 N–H and O–H groups in total. The number of ether oxygens (including phenoxy) is 1. The van der Waals surface area contributed by atoms with Gasteiger partial charge in [0.25, 0.3) is 12.3 Å². The molecule has 0 unspecified atom stereocenters. The molecule has 0 bridgehead atoms. The maximum Gasteiger partial charge on any atom is 0.284 e. The summed E-state index contributed by atoms with van der Waals surface area (Å²) in [4.78, 5) is 19.1. The molecule has 0 fully saturated rings. The van der Waals surface area contributed by atoms with Crippen molar-refractivity contribution in [3.63, 3.8) is 0 Å². The minimum atomic E-state index is -3.76. The Labute approximate surface area is 199 Å². The molecule has 0 radical (unpaired) electrons. The number of nitrogens with zero attached hydrogens (tertiary/aromatic N) is 3. The van der Waals surface area contributed by atoms with Gasteiger partial charge in [0.1, 0.15) is 18.1 Å². The van der Waals surface area contributed by atoms with E-state index in [0.29, 0.717) is 33.6 Å². The van der Waals surface area contributed by atoms with E-state index in [4.69, 9.17) is 10.00 Å². The lowest BCUT2D eigenvalue weighted by Crippen LogP contribution is -2.30. The van der Waals surface area contributed by atoms with Crippen LogP contribution in [0.25, 0.3) is 0 Å². The van der Waals surface area contributed by atoms with Crippen LogP contribution >= 0.6 is 11.3 Å². The molecule has 178 valence electrons. The number of nitrogens with one attached hydrogen (secondary N) is 1. The highest BCUT2D eigenvalue weighted by molar-refractivity contribution is 7.89. The molecule has 2 aromatic carbocycles. The van der Waals surface area contributed by atoms with Crippen LogP contribution in [0.15, 0.2) is 48.5 Å². The van der Waals surface area contributed by atoms with E-state index in [1.807, 2.05) is 10.8 Å². The highest BCUT2D eigenvalue weighted by Gasteiger charge is 2.22. The number of benzene rings is 2. The maximum absolute atomic E-state index is 12.4. The van der Waals surface area contributed by atoms with E-state index in [1.165, 1.54) is 11.3 Å². The summed E-state index contributed by atoms with van der Waals surface area (Å²) in [5.74, 6) is -0.526. The Morgan fingerprint density at radius 1 is 1.21 bits per heavy atom. The first-order chi connectivity index (χ1) is 16.1. The number of thiazole rings is 1. The quantitative estimate of drug-likeness (QED) is 0.467. The number of sulfonamides is 1. The number of halogens is 2. The van der Waals surface area contributed by atoms with Gasteiger partial charge in [-0.25, -0.2) is 26.9 Å². The summed E-state index contributed by atoms with van der Waals surface area (Å²) in [6, 6.07) is 15.4. The molecule has 1 amide bonds. The molecule has 0 aliphatic rings. The zero-order valence-electron chi connectivity index (χ0n) is 18.2. The van der Waals surface area contributed by atoms with Gasteiger partial charge in [-0.2, -0.15) is 5.26 Å². The van der Waals surface area contributed by atoms with Crippen molar-refractivity contribution < 1.29 is 26.7 Å². The van der Waals surface area contributed by atoms with Gasteiger partial charge in [0.15, 0.2) is 5.13 Å². The van der Waals surface area contributed by atoms with Crippen LogP contribution in [0.4, 0.5) is 19.6 Å². The Hall–Kier alpha value is -3.56. The van der Waals surface area contributed by atoms with E-state index in [0.717, 1.165) is 11.8 Å². The van der Waals surface area contributed by atoms with Gasteiger partial charge < -0.3 is 9.64 Å². The van der Waals surface area contributed by atoms with Gasteiger partial charge in [-0.1, -0.05) is 12.1 Å². The number of aromatic nitrogens is 1. The summed E-state index contributed by atoms with van der Waals surface area (Å²) in [5.41, 5.74) is 1.93. The molecule has 34 heavy (non-hydrogen) atoms. The molecule has 12 heteroatoms. The van der Waals surface area contributed by atoms with E-state index in [-0.39, 0.29) is 5.69 Å². The fourth-order valence-corrected chi connectivity index (χ4v) is 4.30. The van der Waals surface area contributed by atoms with Crippen molar-refractivity contribution in [2.75, 3.05) is 17.8 Å². The molecule has 3 rings (SSSR count). The third kappa shape index (κ3) is 6.72. The summed E-state index contributed by atoms with van der Waals surface area (Å²) in [7, 11) is -3.76. The van der Waals surface area contributed by atoms with E-state index in [2.05, 4.69) is 4.98 Å². The molecule has 0 aliphatic heterocycles. The van der Waals surface area contributed by atoms with Crippen molar-refractivity contribution in [1.29, 1.82) is 5.26 Å². The van der Waals surface area contributed by atoms with Crippen LogP contribution in [-0.4, -0.2) is 38.6 Å². The Morgan fingerprint density at radius 3 is 2.41 bits per heavy atom. The number of nitriles is 1. The molecule has 1 aromatic heterocycles. The third-order valence-electron chi connectivity index (χ3n) is 4.46. The number of hydrogen-bond donors (Lipinski definition) is 1. The fourth-order valence-electron chi connectivity index (χ4n) is 2.94. The standard InChI is InChI=1S/C22H20F2N4O4S2/c1-14-20(21(29)27-34(2,30)31)26-22(33-14)28(17-7-3-15(11-25)4-8-17)12-16-5-9-18(10-6-16)32-13-19(23)24/h3-10,19H,12-13H2,1-2H3,(H,27,29). The van der Waals surface area contributed by atoms with E-state index in [9.17, 15) is 22.0 Å². The summed E-state index contributed by atoms with van der Waals surface area (Å²) < 4.78 is 54.6. The van der Waals surface area contributed by atoms with E-state index < -0.39 is 29.0 Å². The van der Waals surface area contributed by atoms with Gasteiger partial charge in [-0.05, 0) is 48.9 Å². The Balaban J connectivity index is 1.93. The van der Waals surface area contributed by atoms with Crippen LogP contribution in [-0.2, 0) is 16.6 Å². The van der Waals surface area contributed by atoms with Crippen molar-refractivity contribution in [2.45, 2.75) is 19.9 Å². The highest BCUT2D eigenvalue weighted by atomic mass is 32.2. The number of carbonyl (C=O) groups is 1. The van der Waals surface area contributed by atoms with Crippen LogP contribution in [0.2, 0.25) is 0 Å². The molecule has 8 nitrogen and oxygen atoms in total. The number of carbonyl (C=O) groups excluding carboxylic acids is 1. The molecule has 0 saturated heterocycles. The topological polar surface area (TPSA) is 112 Å². The van der Waals surface area contributed by atoms with Gasteiger partial charge >= 0.3 is 0 Å². The molecule has 0 saturated carbocycles. The molecule has 1 heterocycles.